The first-order valence-corrected chi connectivity index (χ1v) is 7.32. The van der Waals surface area contributed by atoms with Gasteiger partial charge >= 0.3 is 5.97 Å². The number of carbonyl (C=O) groups excluding carboxylic acids is 1. The van der Waals surface area contributed by atoms with Gasteiger partial charge in [0.05, 0.1) is 6.04 Å². The molecule has 1 amide bonds. The number of amides is 1. The Kier molecular flexibility index (Phi) is 3.14. The van der Waals surface area contributed by atoms with Gasteiger partial charge < -0.3 is 10.0 Å². The van der Waals surface area contributed by atoms with E-state index in [1.54, 1.807) is 11.3 Å². The van der Waals surface area contributed by atoms with Crippen LogP contribution in [0.3, 0.4) is 0 Å². The van der Waals surface area contributed by atoms with Gasteiger partial charge in [-0.3, -0.25) is 4.79 Å². The van der Waals surface area contributed by atoms with Crippen molar-refractivity contribution in [2.75, 3.05) is 6.54 Å². The maximum atomic E-state index is 12.2. The summed E-state index contributed by atoms with van der Waals surface area (Å²) in [5.41, 5.74) is 1.27. The van der Waals surface area contributed by atoms with Gasteiger partial charge in [0.15, 0.2) is 0 Å². The number of nitrogens with zero attached hydrogens (tertiary/aromatic N) is 1. The van der Waals surface area contributed by atoms with Gasteiger partial charge in [0, 0.05) is 23.6 Å². The summed E-state index contributed by atoms with van der Waals surface area (Å²) < 4.78 is 0. The van der Waals surface area contributed by atoms with Crippen LogP contribution in [0.2, 0.25) is 0 Å². The third kappa shape index (κ3) is 2.42. The highest BCUT2D eigenvalue weighted by atomic mass is 32.1. The molecule has 0 aromatic carbocycles. The predicted molar refractivity (Wildman–Crippen MR) is 72.0 cm³/mol. The minimum absolute atomic E-state index is 0.154. The van der Waals surface area contributed by atoms with Gasteiger partial charge in [0.2, 0.25) is 5.91 Å². The Bertz CT molecular complexity index is 545. The Labute approximate surface area is 115 Å². The summed E-state index contributed by atoms with van der Waals surface area (Å²) in [5, 5.41) is 10.7. The average Bonchev–Trinajstić information content (AvgIpc) is 3.11. The number of thiophene rings is 1. The molecule has 19 heavy (non-hydrogen) atoms. The van der Waals surface area contributed by atoms with E-state index in [1.165, 1.54) is 16.5 Å². The van der Waals surface area contributed by atoms with E-state index in [4.69, 9.17) is 5.11 Å². The Hall–Kier alpha value is -1.62. The molecule has 100 valence electrons. The van der Waals surface area contributed by atoms with Crippen molar-refractivity contribution in [2.45, 2.75) is 25.3 Å². The summed E-state index contributed by atoms with van der Waals surface area (Å²) in [6, 6.07) is 2.27. The number of hydrogen-bond donors (Lipinski definition) is 1. The molecule has 1 aliphatic carbocycles. The molecule has 0 radical (unpaired) electrons. The van der Waals surface area contributed by atoms with Crippen molar-refractivity contribution in [1.29, 1.82) is 0 Å². The maximum absolute atomic E-state index is 12.2. The highest BCUT2D eigenvalue weighted by molar-refractivity contribution is 7.10. The summed E-state index contributed by atoms with van der Waals surface area (Å²) >= 11 is 1.76. The zero-order chi connectivity index (χ0) is 13.4. The van der Waals surface area contributed by atoms with Crippen molar-refractivity contribution in [1.82, 2.24) is 4.90 Å². The van der Waals surface area contributed by atoms with Gasteiger partial charge in [0.25, 0.3) is 0 Å². The molecule has 2 aliphatic rings. The lowest BCUT2D eigenvalue weighted by Gasteiger charge is -2.35. The second-order valence-corrected chi connectivity index (χ2v) is 6.04. The zero-order valence-corrected chi connectivity index (χ0v) is 11.2. The van der Waals surface area contributed by atoms with Crippen LogP contribution in [0.15, 0.2) is 23.6 Å². The molecular weight excluding hydrogens is 262 g/mol. The van der Waals surface area contributed by atoms with Crippen LogP contribution in [0.4, 0.5) is 0 Å². The van der Waals surface area contributed by atoms with Gasteiger partial charge in [-0.1, -0.05) is 0 Å². The van der Waals surface area contributed by atoms with Crippen molar-refractivity contribution in [3.8, 4) is 0 Å². The van der Waals surface area contributed by atoms with Crippen LogP contribution in [0.1, 0.15) is 29.3 Å². The van der Waals surface area contributed by atoms with Crippen LogP contribution in [-0.4, -0.2) is 28.4 Å². The molecule has 1 saturated carbocycles. The molecule has 1 aromatic rings. The number of carbonyl (C=O) groups is 2. The molecule has 1 atom stereocenters. The fourth-order valence-corrected chi connectivity index (χ4v) is 3.67. The molecule has 0 saturated heterocycles. The van der Waals surface area contributed by atoms with Crippen molar-refractivity contribution < 1.29 is 14.7 Å². The third-order valence-corrected chi connectivity index (χ3v) is 4.73. The fourth-order valence-electron chi connectivity index (χ4n) is 2.75. The van der Waals surface area contributed by atoms with E-state index < -0.39 is 5.97 Å². The van der Waals surface area contributed by atoms with Crippen LogP contribution >= 0.6 is 11.3 Å². The minimum Gasteiger partial charge on any atom is -0.478 e. The second kappa shape index (κ2) is 4.81. The summed E-state index contributed by atoms with van der Waals surface area (Å²) in [7, 11) is 0. The average molecular weight is 277 g/mol. The molecule has 1 N–H and O–H groups in total. The van der Waals surface area contributed by atoms with E-state index in [0.29, 0.717) is 12.5 Å². The zero-order valence-electron chi connectivity index (χ0n) is 10.4. The van der Waals surface area contributed by atoms with Gasteiger partial charge in [-0.15, -0.1) is 11.3 Å². The van der Waals surface area contributed by atoms with E-state index in [0.717, 1.165) is 25.3 Å². The molecule has 2 heterocycles. The maximum Gasteiger partial charge on any atom is 0.328 e. The number of rotatable bonds is 3. The van der Waals surface area contributed by atoms with Crippen molar-refractivity contribution in [3.63, 3.8) is 0 Å². The molecule has 4 nitrogen and oxygen atoms in total. The molecule has 3 rings (SSSR count). The first kappa shape index (κ1) is 12.4. The first-order chi connectivity index (χ1) is 9.16. The standard InChI is InChI=1S/C14H15NO3S/c16-12(3-4-13(17)18)15-7-5-11-10(6-8-19-11)14(15)9-1-2-9/h3-4,6,8-9,14H,1-2,5,7H2,(H,17,18)/b4-3+. The number of fused-ring (bicyclic) bond motifs is 1. The topological polar surface area (TPSA) is 57.6 Å². The lowest BCUT2D eigenvalue weighted by atomic mass is 9.96. The van der Waals surface area contributed by atoms with Crippen molar-refractivity contribution >= 4 is 23.2 Å². The third-order valence-electron chi connectivity index (χ3n) is 3.73. The lowest BCUT2D eigenvalue weighted by Crippen LogP contribution is -2.39. The molecule has 1 aliphatic heterocycles. The summed E-state index contributed by atoms with van der Waals surface area (Å²) in [6.07, 6.45) is 5.30. The normalized spacial score (nSPS) is 22.5. The SMILES string of the molecule is O=C(O)/C=C/C(=O)N1CCc2sccc2C1C1CC1. The monoisotopic (exact) mass is 277 g/mol. The van der Waals surface area contributed by atoms with Crippen LogP contribution < -0.4 is 0 Å². The smallest absolute Gasteiger partial charge is 0.328 e. The van der Waals surface area contributed by atoms with Crippen LogP contribution in [0.25, 0.3) is 0 Å². The highest BCUT2D eigenvalue weighted by Crippen LogP contribution is 2.48. The van der Waals surface area contributed by atoms with Gasteiger partial charge in [-0.05, 0) is 42.2 Å². The fraction of sp³-hybridized carbons (Fsp3) is 0.429. The quantitative estimate of drug-likeness (QED) is 0.862. The van der Waals surface area contributed by atoms with E-state index in [1.807, 2.05) is 4.90 Å². The minimum atomic E-state index is -1.08. The number of hydrogen-bond acceptors (Lipinski definition) is 3. The molecule has 5 heteroatoms. The highest BCUT2D eigenvalue weighted by Gasteiger charge is 2.41. The van der Waals surface area contributed by atoms with E-state index in [9.17, 15) is 9.59 Å². The predicted octanol–water partition coefficient (Wildman–Crippen LogP) is 2.22. The largest absolute Gasteiger partial charge is 0.478 e. The van der Waals surface area contributed by atoms with Crippen molar-refractivity contribution in [2.24, 2.45) is 5.92 Å². The molecule has 0 spiro atoms. The van der Waals surface area contributed by atoms with E-state index >= 15 is 0 Å². The van der Waals surface area contributed by atoms with Crippen LogP contribution in [0.5, 0.6) is 0 Å². The lowest BCUT2D eigenvalue weighted by molar-refractivity contribution is -0.133. The summed E-state index contributed by atoms with van der Waals surface area (Å²) in [5.74, 6) is -0.712. The molecule has 1 aromatic heterocycles. The van der Waals surface area contributed by atoms with Crippen LogP contribution in [0, 0.1) is 5.92 Å². The number of carboxylic acids is 1. The Morgan fingerprint density at radius 1 is 1.37 bits per heavy atom. The summed E-state index contributed by atoms with van der Waals surface area (Å²) in [6.45, 7) is 0.692. The first-order valence-electron chi connectivity index (χ1n) is 6.44. The molecule has 1 unspecified atom stereocenters. The second-order valence-electron chi connectivity index (χ2n) is 5.03. The van der Waals surface area contributed by atoms with Gasteiger partial charge in [0.1, 0.15) is 0 Å². The number of carboxylic acid groups (broad SMARTS) is 1. The number of aliphatic carboxylic acids is 1. The van der Waals surface area contributed by atoms with E-state index in [2.05, 4.69) is 11.4 Å². The van der Waals surface area contributed by atoms with Crippen molar-refractivity contribution in [3.05, 3.63) is 34.0 Å². The van der Waals surface area contributed by atoms with Gasteiger partial charge in [-0.2, -0.15) is 0 Å². The Balaban J connectivity index is 1.85. The van der Waals surface area contributed by atoms with Crippen LogP contribution in [-0.2, 0) is 16.0 Å². The molecule has 1 fully saturated rings. The molecular formula is C14H15NO3S. The Morgan fingerprint density at radius 2 is 2.16 bits per heavy atom. The Morgan fingerprint density at radius 3 is 2.84 bits per heavy atom. The summed E-state index contributed by atoms with van der Waals surface area (Å²) in [4.78, 5) is 25.9. The van der Waals surface area contributed by atoms with E-state index in [-0.39, 0.29) is 11.9 Å². The molecule has 0 bridgehead atoms. The van der Waals surface area contributed by atoms with Gasteiger partial charge in [-0.25, -0.2) is 4.79 Å².